The molecule has 1 aromatic carbocycles. The lowest BCUT2D eigenvalue weighted by Crippen LogP contribution is -2.70. The van der Waals surface area contributed by atoms with E-state index >= 15 is 0 Å². The molecule has 4 rings (SSSR count). The van der Waals surface area contributed by atoms with Crippen LogP contribution in [0, 0.1) is 0 Å². The number of hydrogen-bond donors (Lipinski definition) is 2. The van der Waals surface area contributed by atoms with Crippen LogP contribution in [0.2, 0.25) is 0 Å². The molecule has 0 bridgehead atoms. The highest BCUT2D eigenvalue weighted by Crippen LogP contribution is 2.30. The third-order valence-electron chi connectivity index (χ3n) is 7.02. The molecule has 3 N–H and O–H groups in total. The van der Waals surface area contributed by atoms with Crippen LogP contribution in [-0.4, -0.2) is 76.0 Å². The Morgan fingerprint density at radius 1 is 1.10 bits per heavy atom. The number of benzene rings is 1. The zero-order valence-electron chi connectivity index (χ0n) is 22.1. The van der Waals surface area contributed by atoms with Gasteiger partial charge in [-0.1, -0.05) is 30.3 Å². The largest absolute Gasteiger partial charge is 0.405 e. The van der Waals surface area contributed by atoms with Crippen molar-refractivity contribution in [1.82, 2.24) is 25.1 Å². The van der Waals surface area contributed by atoms with Gasteiger partial charge in [0.25, 0.3) is 0 Å². The zero-order chi connectivity index (χ0) is 28.6. The van der Waals surface area contributed by atoms with Crippen LogP contribution in [0.15, 0.2) is 59.7 Å². The summed E-state index contributed by atoms with van der Waals surface area (Å²) in [4.78, 5) is 37.8. The molecule has 1 aliphatic rings. The summed E-state index contributed by atoms with van der Waals surface area (Å²) in [7, 11) is 0. The van der Waals surface area contributed by atoms with Crippen LogP contribution >= 0.6 is 11.3 Å². The highest BCUT2D eigenvalue weighted by molar-refractivity contribution is 7.07. The van der Waals surface area contributed by atoms with Gasteiger partial charge >= 0.3 is 6.18 Å². The average Bonchev–Trinajstić information content (AvgIpc) is 3.46. The molecule has 1 fully saturated rings. The number of carbonyl (C=O) groups excluding carboxylic acids is 2. The second-order valence-electron chi connectivity index (χ2n) is 10.1. The van der Waals surface area contributed by atoms with Gasteiger partial charge < -0.3 is 11.1 Å². The number of aromatic nitrogens is 2. The van der Waals surface area contributed by atoms with E-state index in [4.69, 9.17) is 5.73 Å². The predicted octanol–water partition coefficient (Wildman–Crippen LogP) is 3.64. The van der Waals surface area contributed by atoms with Crippen molar-refractivity contribution in [3.8, 4) is 11.3 Å². The average molecular weight is 575 g/mol. The molecule has 2 aromatic heterocycles. The topological polar surface area (TPSA) is 104 Å². The summed E-state index contributed by atoms with van der Waals surface area (Å²) in [6.45, 7) is 0.833. The summed E-state index contributed by atoms with van der Waals surface area (Å²) in [5, 5.41) is 4.12. The Morgan fingerprint density at radius 2 is 1.90 bits per heavy atom. The number of unbranched alkanes of at least 4 members (excludes halogenated alkanes) is 1. The zero-order valence-corrected chi connectivity index (χ0v) is 22.9. The molecule has 214 valence electrons. The minimum atomic E-state index is -4.54. The third-order valence-corrected chi connectivity index (χ3v) is 7.60. The lowest BCUT2D eigenvalue weighted by Gasteiger charge is -2.50. The highest BCUT2D eigenvalue weighted by Gasteiger charge is 2.48. The molecule has 3 heterocycles. The number of pyridine rings is 1. The third kappa shape index (κ3) is 8.09. The molecule has 0 saturated carbocycles. The van der Waals surface area contributed by atoms with E-state index in [0.717, 1.165) is 22.4 Å². The lowest BCUT2D eigenvalue weighted by molar-refractivity contribution is -0.150. The maximum atomic E-state index is 13.8. The number of thiazole rings is 1. The summed E-state index contributed by atoms with van der Waals surface area (Å²) in [5.74, 6) is -1.07. The van der Waals surface area contributed by atoms with Gasteiger partial charge in [0.2, 0.25) is 11.8 Å². The fraction of sp³-hybridized carbons (Fsp3) is 0.429. The summed E-state index contributed by atoms with van der Waals surface area (Å²) in [5.41, 5.74) is 9.26. The standard InChI is InChI=1S/C28H33F3N6O2S/c29-28(30,31)18-34-26(39)27(13-21-6-2-1-3-7-21)19-36(10-11-37(27)9-5-4-8-25(32)38)16-22-12-23(15-33-14-22)24-17-40-20-35-24/h1-3,6-7,12,14-15,17,20H,4-5,8-11,13,16,18-19H2,(H2,32,38)(H,34,39). The number of amides is 2. The highest BCUT2D eigenvalue weighted by atomic mass is 32.1. The molecule has 1 unspecified atom stereocenters. The second-order valence-corrected chi connectivity index (χ2v) is 10.8. The Labute approximate surface area is 235 Å². The first-order valence-electron chi connectivity index (χ1n) is 13.1. The van der Waals surface area contributed by atoms with E-state index < -0.39 is 30.1 Å². The first-order valence-corrected chi connectivity index (χ1v) is 14.1. The molecule has 12 heteroatoms. The maximum Gasteiger partial charge on any atom is 0.405 e. The molecular formula is C28H33F3N6O2S. The molecule has 1 aliphatic heterocycles. The van der Waals surface area contributed by atoms with E-state index in [0.29, 0.717) is 39.0 Å². The van der Waals surface area contributed by atoms with E-state index in [9.17, 15) is 22.8 Å². The molecule has 1 saturated heterocycles. The van der Waals surface area contributed by atoms with Crippen molar-refractivity contribution in [3.63, 3.8) is 0 Å². The molecule has 2 amide bonds. The minimum Gasteiger partial charge on any atom is -0.370 e. The smallest absolute Gasteiger partial charge is 0.370 e. The number of rotatable bonds is 12. The van der Waals surface area contributed by atoms with Crippen molar-refractivity contribution in [2.24, 2.45) is 5.73 Å². The second kappa shape index (κ2) is 13.3. The van der Waals surface area contributed by atoms with E-state index in [1.807, 2.05) is 46.7 Å². The maximum absolute atomic E-state index is 13.8. The SMILES string of the molecule is NC(=O)CCCCN1CCN(Cc2cncc(-c3cscn3)c2)CC1(Cc1ccccc1)C(=O)NCC(F)(F)F. The number of piperazine rings is 1. The van der Waals surface area contributed by atoms with E-state index in [-0.39, 0.29) is 19.4 Å². The van der Waals surface area contributed by atoms with Crippen molar-refractivity contribution in [1.29, 1.82) is 0 Å². The van der Waals surface area contributed by atoms with Crippen LogP contribution in [0.3, 0.4) is 0 Å². The predicted molar refractivity (Wildman–Crippen MR) is 147 cm³/mol. The number of primary amides is 1. The first-order chi connectivity index (χ1) is 19.1. The molecule has 1 atom stereocenters. The Hall–Kier alpha value is -3.35. The number of carbonyl (C=O) groups is 2. The molecule has 0 spiro atoms. The van der Waals surface area contributed by atoms with Crippen LogP contribution in [0.5, 0.6) is 0 Å². The molecule has 3 aromatic rings. The number of hydrogen-bond acceptors (Lipinski definition) is 7. The Morgan fingerprint density at radius 3 is 2.60 bits per heavy atom. The van der Waals surface area contributed by atoms with Gasteiger partial charge in [-0.25, -0.2) is 4.98 Å². The van der Waals surface area contributed by atoms with Gasteiger partial charge in [-0.3, -0.25) is 24.4 Å². The quantitative estimate of drug-likeness (QED) is 0.320. The summed E-state index contributed by atoms with van der Waals surface area (Å²) in [6.07, 6.45) is 0.546. The van der Waals surface area contributed by atoms with Gasteiger partial charge in [-0.2, -0.15) is 13.2 Å². The normalized spacial score (nSPS) is 18.5. The van der Waals surface area contributed by atoms with Crippen LogP contribution in [0.4, 0.5) is 13.2 Å². The molecule has 0 aliphatic carbocycles. The Bertz CT molecular complexity index is 1260. The van der Waals surface area contributed by atoms with Crippen LogP contribution in [-0.2, 0) is 22.6 Å². The number of nitrogens with one attached hydrogen (secondary N) is 1. The molecule has 40 heavy (non-hydrogen) atoms. The van der Waals surface area contributed by atoms with Crippen molar-refractivity contribution in [2.45, 2.75) is 43.9 Å². The van der Waals surface area contributed by atoms with Gasteiger partial charge in [0.05, 0.1) is 11.2 Å². The van der Waals surface area contributed by atoms with Gasteiger partial charge in [0, 0.05) is 62.4 Å². The lowest BCUT2D eigenvalue weighted by atomic mass is 9.84. The van der Waals surface area contributed by atoms with E-state index in [2.05, 4.69) is 20.2 Å². The fourth-order valence-electron chi connectivity index (χ4n) is 5.16. The summed E-state index contributed by atoms with van der Waals surface area (Å²) in [6, 6.07) is 11.3. The molecule has 0 radical (unpaired) electrons. The van der Waals surface area contributed by atoms with E-state index in [1.165, 1.54) is 11.3 Å². The Kier molecular flexibility index (Phi) is 9.88. The molecule has 8 nitrogen and oxygen atoms in total. The fourth-order valence-corrected chi connectivity index (χ4v) is 5.72. The van der Waals surface area contributed by atoms with Gasteiger partial charge in [0.1, 0.15) is 12.1 Å². The van der Waals surface area contributed by atoms with Gasteiger partial charge in [-0.05, 0) is 36.6 Å². The Balaban J connectivity index is 1.62. The number of alkyl halides is 3. The van der Waals surface area contributed by atoms with Crippen LogP contribution in [0.1, 0.15) is 30.4 Å². The number of nitrogens with zero attached hydrogens (tertiary/aromatic N) is 4. The van der Waals surface area contributed by atoms with Crippen molar-refractivity contribution < 1.29 is 22.8 Å². The number of nitrogens with two attached hydrogens (primary N) is 1. The van der Waals surface area contributed by atoms with E-state index in [1.54, 1.807) is 17.9 Å². The van der Waals surface area contributed by atoms with Crippen molar-refractivity contribution in [2.75, 3.05) is 32.7 Å². The van der Waals surface area contributed by atoms with Crippen LogP contribution in [0.25, 0.3) is 11.3 Å². The van der Waals surface area contributed by atoms with Gasteiger partial charge in [0.15, 0.2) is 0 Å². The molecular weight excluding hydrogens is 541 g/mol. The monoisotopic (exact) mass is 574 g/mol. The summed E-state index contributed by atoms with van der Waals surface area (Å²) < 4.78 is 39.5. The van der Waals surface area contributed by atoms with Crippen molar-refractivity contribution in [3.05, 3.63) is 70.8 Å². The number of halogens is 3. The van der Waals surface area contributed by atoms with Crippen molar-refractivity contribution >= 4 is 23.2 Å². The van der Waals surface area contributed by atoms with Crippen LogP contribution < -0.4 is 11.1 Å². The minimum absolute atomic E-state index is 0.217. The van der Waals surface area contributed by atoms with Gasteiger partial charge in [-0.15, -0.1) is 11.3 Å². The summed E-state index contributed by atoms with van der Waals surface area (Å²) >= 11 is 1.49. The first kappa shape index (κ1) is 29.6.